The first kappa shape index (κ1) is 11.4. The summed E-state index contributed by atoms with van der Waals surface area (Å²) >= 11 is 0. The van der Waals surface area contributed by atoms with Crippen LogP contribution in [0.5, 0.6) is 0 Å². The van der Waals surface area contributed by atoms with Gasteiger partial charge in [-0.05, 0) is 26.3 Å². The van der Waals surface area contributed by atoms with E-state index in [0.29, 0.717) is 0 Å². The molecule has 4 heteroatoms. The van der Waals surface area contributed by atoms with Crippen LogP contribution in [0.25, 0.3) is 5.70 Å². The van der Waals surface area contributed by atoms with Crippen molar-refractivity contribution in [2.75, 3.05) is 0 Å². The zero-order valence-corrected chi connectivity index (χ0v) is 9.38. The van der Waals surface area contributed by atoms with E-state index in [1.807, 2.05) is 6.92 Å². The number of rotatable bonds is 4. The van der Waals surface area contributed by atoms with Crippen LogP contribution < -0.4 is 0 Å². The molecular formula is C11H16N4. The fourth-order valence-electron chi connectivity index (χ4n) is 1.01. The molecular weight excluding hydrogens is 188 g/mol. The molecule has 0 spiro atoms. The molecule has 0 radical (unpaired) electrons. The first-order chi connectivity index (χ1) is 7.27. The quantitative estimate of drug-likeness (QED) is 0.558. The van der Waals surface area contributed by atoms with Crippen LogP contribution in [0, 0.1) is 0 Å². The summed E-state index contributed by atoms with van der Waals surface area (Å²) in [6.07, 6.45) is 10.0. The molecule has 0 atom stereocenters. The molecule has 0 unspecified atom stereocenters. The van der Waals surface area contributed by atoms with Gasteiger partial charge in [0.1, 0.15) is 0 Å². The van der Waals surface area contributed by atoms with E-state index in [4.69, 9.17) is 0 Å². The zero-order chi connectivity index (χ0) is 11.1. The lowest BCUT2D eigenvalue weighted by atomic mass is 10.2. The summed E-state index contributed by atoms with van der Waals surface area (Å²) in [5, 5.41) is 7.71. The molecule has 0 aliphatic rings. The average molecular weight is 204 g/mol. The Balaban J connectivity index is 2.99. The molecule has 0 saturated heterocycles. The van der Waals surface area contributed by atoms with Gasteiger partial charge in [-0.25, -0.2) is 4.68 Å². The van der Waals surface area contributed by atoms with Gasteiger partial charge in [0.2, 0.25) is 0 Å². The second-order valence-electron chi connectivity index (χ2n) is 3.15. The van der Waals surface area contributed by atoms with Crippen molar-refractivity contribution in [1.29, 1.82) is 0 Å². The molecule has 0 saturated carbocycles. The van der Waals surface area contributed by atoms with E-state index in [0.717, 1.165) is 12.1 Å². The van der Waals surface area contributed by atoms with Crippen molar-refractivity contribution in [3.8, 4) is 0 Å². The zero-order valence-electron chi connectivity index (χ0n) is 9.38. The van der Waals surface area contributed by atoms with Crippen LogP contribution >= 0.6 is 0 Å². The third-order valence-electron chi connectivity index (χ3n) is 1.99. The van der Waals surface area contributed by atoms with Gasteiger partial charge < -0.3 is 0 Å². The minimum absolute atomic E-state index is 0.921. The molecule has 1 rings (SSSR count). The smallest absolute Gasteiger partial charge is 0.0845 e. The number of aromatic nitrogens is 3. The summed E-state index contributed by atoms with van der Waals surface area (Å²) in [4.78, 5) is 4.10. The molecule has 1 aromatic rings. The molecule has 4 nitrogen and oxygen atoms in total. The van der Waals surface area contributed by atoms with Crippen molar-refractivity contribution in [2.24, 2.45) is 4.99 Å². The third-order valence-corrected chi connectivity index (χ3v) is 1.99. The van der Waals surface area contributed by atoms with Crippen LogP contribution in [0.4, 0.5) is 0 Å². The Morgan fingerprint density at radius 3 is 2.87 bits per heavy atom. The molecule has 0 N–H and O–H groups in total. The van der Waals surface area contributed by atoms with Gasteiger partial charge in [0.15, 0.2) is 0 Å². The van der Waals surface area contributed by atoms with E-state index in [1.165, 1.54) is 5.57 Å². The van der Waals surface area contributed by atoms with E-state index in [1.54, 1.807) is 29.5 Å². The fraction of sp³-hybridized carbons (Fsp3) is 0.364. The lowest BCUT2D eigenvalue weighted by Crippen LogP contribution is -1.96. The van der Waals surface area contributed by atoms with Crippen molar-refractivity contribution in [3.63, 3.8) is 0 Å². The molecule has 0 aliphatic carbocycles. The normalized spacial score (nSPS) is 13.8. The maximum absolute atomic E-state index is 4.10. The highest BCUT2D eigenvalue weighted by Crippen LogP contribution is 2.09. The van der Waals surface area contributed by atoms with Crippen LogP contribution in [0.3, 0.4) is 0 Å². The fourth-order valence-corrected chi connectivity index (χ4v) is 1.01. The summed E-state index contributed by atoms with van der Waals surface area (Å²) in [6.45, 7) is 6.08. The SMILES string of the molecule is C\C=N/C=C(\C=C(/C)CC)n1ccnn1. The molecule has 15 heavy (non-hydrogen) atoms. The molecule has 0 bridgehead atoms. The van der Waals surface area contributed by atoms with Gasteiger partial charge in [-0.3, -0.25) is 4.99 Å². The lowest BCUT2D eigenvalue weighted by Gasteiger charge is -2.01. The third kappa shape index (κ3) is 3.50. The van der Waals surface area contributed by atoms with E-state index in [-0.39, 0.29) is 0 Å². The summed E-state index contributed by atoms with van der Waals surface area (Å²) in [6, 6.07) is 0. The van der Waals surface area contributed by atoms with Crippen LogP contribution in [0.2, 0.25) is 0 Å². The Labute approximate surface area is 90.0 Å². The first-order valence-electron chi connectivity index (χ1n) is 4.99. The number of aliphatic imine (C=N–C) groups is 1. The summed E-state index contributed by atoms with van der Waals surface area (Å²) in [5.41, 5.74) is 2.20. The van der Waals surface area contributed by atoms with Gasteiger partial charge in [-0.15, -0.1) is 5.10 Å². The van der Waals surface area contributed by atoms with Gasteiger partial charge in [-0.1, -0.05) is 17.7 Å². The monoisotopic (exact) mass is 204 g/mol. The van der Waals surface area contributed by atoms with E-state index < -0.39 is 0 Å². The lowest BCUT2D eigenvalue weighted by molar-refractivity contribution is 0.821. The van der Waals surface area contributed by atoms with Crippen molar-refractivity contribution >= 4 is 11.9 Å². The molecule has 0 fully saturated rings. The second-order valence-corrected chi connectivity index (χ2v) is 3.15. The standard InChI is InChI=1S/C11H16N4/c1-4-10(3)8-11(9-12-5-2)15-7-6-13-14-15/h5-9H,4H2,1-3H3/b10-8+,11-9+,12-5-. The molecule has 80 valence electrons. The van der Waals surface area contributed by atoms with Gasteiger partial charge in [0.05, 0.1) is 24.3 Å². The van der Waals surface area contributed by atoms with Crippen LogP contribution in [-0.2, 0) is 0 Å². The van der Waals surface area contributed by atoms with Gasteiger partial charge >= 0.3 is 0 Å². The maximum Gasteiger partial charge on any atom is 0.0845 e. The highest BCUT2D eigenvalue weighted by atomic mass is 15.4. The summed E-state index contributed by atoms with van der Waals surface area (Å²) in [5.74, 6) is 0. The molecule has 1 heterocycles. The largest absolute Gasteiger partial charge is 0.267 e. The minimum Gasteiger partial charge on any atom is -0.267 e. The first-order valence-corrected chi connectivity index (χ1v) is 4.99. The van der Waals surface area contributed by atoms with Crippen molar-refractivity contribution in [3.05, 3.63) is 30.2 Å². The molecule has 1 aromatic heterocycles. The van der Waals surface area contributed by atoms with Crippen molar-refractivity contribution < 1.29 is 0 Å². The average Bonchev–Trinajstić information content (AvgIpc) is 2.77. The Morgan fingerprint density at radius 2 is 2.33 bits per heavy atom. The Hall–Kier alpha value is -1.71. The van der Waals surface area contributed by atoms with Crippen molar-refractivity contribution in [1.82, 2.24) is 15.0 Å². The number of hydrogen-bond donors (Lipinski definition) is 0. The number of nitrogens with zero attached hydrogens (tertiary/aromatic N) is 4. The topological polar surface area (TPSA) is 43.1 Å². The summed E-state index contributed by atoms with van der Waals surface area (Å²) in [7, 11) is 0. The van der Waals surface area contributed by atoms with Crippen LogP contribution in [-0.4, -0.2) is 21.2 Å². The van der Waals surface area contributed by atoms with Gasteiger partial charge in [0, 0.05) is 6.21 Å². The van der Waals surface area contributed by atoms with Gasteiger partial charge in [-0.2, -0.15) is 0 Å². The molecule has 0 aromatic carbocycles. The molecule has 0 amide bonds. The van der Waals surface area contributed by atoms with Crippen molar-refractivity contribution in [2.45, 2.75) is 27.2 Å². The van der Waals surface area contributed by atoms with E-state index in [2.05, 4.69) is 35.2 Å². The minimum atomic E-state index is 0.921. The Kier molecular flexibility index (Phi) is 4.47. The predicted octanol–water partition coefficient (Wildman–Crippen LogP) is 2.52. The highest BCUT2D eigenvalue weighted by Gasteiger charge is 1.97. The van der Waals surface area contributed by atoms with E-state index in [9.17, 15) is 0 Å². The van der Waals surface area contributed by atoms with Crippen LogP contribution in [0.1, 0.15) is 27.2 Å². The highest BCUT2D eigenvalue weighted by molar-refractivity contribution is 5.61. The van der Waals surface area contributed by atoms with E-state index >= 15 is 0 Å². The summed E-state index contributed by atoms with van der Waals surface area (Å²) < 4.78 is 1.70. The predicted molar refractivity (Wildman–Crippen MR) is 62.5 cm³/mol. The maximum atomic E-state index is 4.10. The second kappa shape index (κ2) is 5.90. The number of hydrogen-bond acceptors (Lipinski definition) is 3. The Morgan fingerprint density at radius 1 is 1.53 bits per heavy atom. The molecule has 0 aliphatic heterocycles. The Bertz CT molecular complexity index is 371. The van der Waals surface area contributed by atoms with Crippen LogP contribution in [0.15, 0.2) is 35.2 Å². The number of allylic oxidation sites excluding steroid dienone is 3. The van der Waals surface area contributed by atoms with Gasteiger partial charge in [0.25, 0.3) is 0 Å².